The Bertz CT molecular complexity index is 809. The second kappa shape index (κ2) is 8.09. The van der Waals surface area contributed by atoms with Crippen molar-refractivity contribution in [1.82, 2.24) is 5.32 Å². The van der Waals surface area contributed by atoms with Gasteiger partial charge in [0.15, 0.2) is 5.11 Å². The summed E-state index contributed by atoms with van der Waals surface area (Å²) in [5.41, 5.74) is 3.12. The molecule has 0 aromatic heterocycles. The number of anilines is 1. The summed E-state index contributed by atoms with van der Waals surface area (Å²) in [6, 6.07) is 9.35. The molecule has 7 heteroatoms. The van der Waals surface area contributed by atoms with E-state index in [4.69, 9.17) is 17.0 Å². The molecule has 4 nitrogen and oxygen atoms in total. The zero-order chi connectivity index (χ0) is 17.9. The lowest BCUT2D eigenvalue weighted by molar-refractivity contribution is 0.0974. The minimum Gasteiger partial charge on any atom is -0.496 e. The lowest BCUT2D eigenvalue weighted by Crippen LogP contribution is -2.34. The molecular formula is C17H16Br2N2O2S. The average molecular weight is 472 g/mol. The Morgan fingerprint density at radius 1 is 1.08 bits per heavy atom. The molecule has 0 saturated heterocycles. The van der Waals surface area contributed by atoms with Crippen LogP contribution in [0.3, 0.4) is 0 Å². The lowest BCUT2D eigenvalue weighted by Gasteiger charge is -2.14. The van der Waals surface area contributed by atoms with Crippen LogP contribution in [0.1, 0.15) is 21.5 Å². The molecule has 1 amide bonds. The number of benzene rings is 2. The number of rotatable bonds is 3. The molecule has 0 radical (unpaired) electrons. The minimum atomic E-state index is -0.330. The van der Waals surface area contributed by atoms with Crippen LogP contribution in [0, 0.1) is 13.8 Å². The van der Waals surface area contributed by atoms with Gasteiger partial charge < -0.3 is 10.1 Å². The smallest absolute Gasteiger partial charge is 0.261 e. The van der Waals surface area contributed by atoms with Gasteiger partial charge in [-0.25, -0.2) is 0 Å². The van der Waals surface area contributed by atoms with E-state index >= 15 is 0 Å². The zero-order valence-corrected chi connectivity index (χ0v) is 17.4. The van der Waals surface area contributed by atoms with E-state index in [2.05, 4.69) is 42.5 Å². The highest BCUT2D eigenvalue weighted by atomic mass is 79.9. The van der Waals surface area contributed by atoms with Gasteiger partial charge >= 0.3 is 0 Å². The first-order valence-electron chi connectivity index (χ1n) is 7.04. The number of halogens is 2. The summed E-state index contributed by atoms with van der Waals surface area (Å²) >= 11 is 12.0. The molecule has 2 N–H and O–H groups in total. The molecule has 0 heterocycles. The number of methoxy groups -OCH3 is 1. The van der Waals surface area contributed by atoms with Crippen LogP contribution >= 0.6 is 44.1 Å². The summed E-state index contributed by atoms with van der Waals surface area (Å²) in [7, 11) is 1.54. The summed E-state index contributed by atoms with van der Waals surface area (Å²) < 4.78 is 7.11. The Morgan fingerprint density at radius 2 is 1.75 bits per heavy atom. The molecule has 0 unspecified atom stereocenters. The predicted molar refractivity (Wildman–Crippen MR) is 108 cm³/mol. The van der Waals surface area contributed by atoms with Crippen molar-refractivity contribution in [1.29, 1.82) is 0 Å². The summed E-state index contributed by atoms with van der Waals surface area (Å²) in [6.07, 6.45) is 0. The van der Waals surface area contributed by atoms with Gasteiger partial charge in [0.2, 0.25) is 0 Å². The van der Waals surface area contributed by atoms with Gasteiger partial charge in [-0.3, -0.25) is 10.1 Å². The fraction of sp³-hybridized carbons (Fsp3) is 0.176. The van der Waals surface area contributed by atoms with Crippen LogP contribution in [0.4, 0.5) is 5.69 Å². The molecule has 0 atom stereocenters. The van der Waals surface area contributed by atoms with Crippen LogP contribution in [-0.2, 0) is 0 Å². The van der Waals surface area contributed by atoms with Gasteiger partial charge in [0, 0.05) is 14.6 Å². The van der Waals surface area contributed by atoms with E-state index in [1.54, 1.807) is 6.07 Å². The molecule has 0 aliphatic heterocycles. The molecule has 2 aromatic rings. The van der Waals surface area contributed by atoms with E-state index in [0.29, 0.717) is 11.3 Å². The summed E-state index contributed by atoms with van der Waals surface area (Å²) in [5, 5.41) is 5.94. The molecule has 0 aliphatic carbocycles. The first-order chi connectivity index (χ1) is 11.3. The SMILES string of the molecule is COc1c(C)cc(Br)cc1C(=O)NC(=S)Nc1ccc(Br)cc1C. The molecule has 2 aromatic carbocycles. The Hall–Kier alpha value is -1.44. The second-order valence-electron chi connectivity index (χ2n) is 5.17. The summed E-state index contributed by atoms with van der Waals surface area (Å²) in [4.78, 5) is 12.5. The van der Waals surface area contributed by atoms with Gasteiger partial charge in [0.25, 0.3) is 5.91 Å². The van der Waals surface area contributed by atoms with Crippen LogP contribution in [0.25, 0.3) is 0 Å². The standard InChI is InChI=1S/C17H16Br2N2O2S/c1-9-6-11(18)4-5-14(9)20-17(24)21-16(22)13-8-12(19)7-10(2)15(13)23-3/h4-8H,1-3H3,(H2,20,21,22,24). The van der Waals surface area contributed by atoms with Crippen LogP contribution in [0.5, 0.6) is 5.75 Å². The number of ether oxygens (including phenoxy) is 1. The Balaban J connectivity index is 2.16. The molecule has 0 fully saturated rings. The van der Waals surface area contributed by atoms with Crippen LogP contribution in [-0.4, -0.2) is 18.1 Å². The van der Waals surface area contributed by atoms with Crippen molar-refractivity contribution in [2.24, 2.45) is 0 Å². The van der Waals surface area contributed by atoms with Crippen molar-refractivity contribution in [2.75, 3.05) is 12.4 Å². The molecule has 0 aliphatic rings. The van der Waals surface area contributed by atoms with Gasteiger partial charge in [0.1, 0.15) is 5.75 Å². The van der Waals surface area contributed by atoms with Crippen LogP contribution in [0.15, 0.2) is 39.3 Å². The highest BCUT2D eigenvalue weighted by molar-refractivity contribution is 9.10. The zero-order valence-electron chi connectivity index (χ0n) is 13.4. The van der Waals surface area contributed by atoms with Gasteiger partial charge in [-0.1, -0.05) is 31.9 Å². The number of amides is 1. The number of hydrogen-bond acceptors (Lipinski definition) is 3. The predicted octanol–water partition coefficient (Wildman–Crippen LogP) is 4.96. The number of thiocarbonyl (C=S) groups is 1. The van der Waals surface area contributed by atoms with E-state index in [9.17, 15) is 4.79 Å². The van der Waals surface area contributed by atoms with Crippen LogP contribution in [0.2, 0.25) is 0 Å². The van der Waals surface area contributed by atoms with Crippen molar-refractivity contribution in [3.63, 3.8) is 0 Å². The number of aryl methyl sites for hydroxylation is 2. The molecule has 2 rings (SSSR count). The van der Waals surface area contributed by atoms with Crippen molar-refractivity contribution >= 4 is 60.8 Å². The minimum absolute atomic E-state index is 0.227. The van der Waals surface area contributed by atoms with Crippen LogP contribution < -0.4 is 15.4 Å². The quantitative estimate of drug-likeness (QED) is 0.621. The first kappa shape index (κ1) is 18.9. The molecule has 24 heavy (non-hydrogen) atoms. The van der Waals surface area contributed by atoms with Crippen molar-refractivity contribution < 1.29 is 9.53 Å². The highest BCUT2D eigenvalue weighted by Gasteiger charge is 2.17. The number of nitrogens with one attached hydrogen (secondary N) is 2. The van der Waals surface area contributed by atoms with Gasteiger partial charge in [-0.2, -0.15) is 0 Å². The Morgan fingerprint density at radius 3 is 2.38 bits per heavy atom. The third-order valence-electron chi connectivity index (χ3n) is 3.35. The van der Waals surface area contributed by atoms with E-state index in [1.165, 1.54) is 7.11 Å². The number of carbonyl (C=O) groups is 1. The van der Waals surface area contributed by atoms with Gasteiger partial charge in [0.05, 0.1) is 12.7 Å². The maximum absolute atomic E-state index is 12.5. The van der Waals surface area contributed by atoms with E-state index in [1.807, 2.05) is 38.1 Å². The van der Waals surface area contributed by atoms with Crippen molar-refractivity contribution in [3.05, 3.63) is 56.0 Å². The molecule has 0 saturated carbocycles. The monoisotopic (exact) mass is 470 g/mol. The summed E-state index contributed by atoms with van der Waals surface area (Å²) in [6.45, 7) is 3.83. The molecule has 0 spiro atoms. The maximum atomic E-state index is 12.5. The van der Waals surface area contributed by atoms with Gasteiger partial charge in [-0.15, -0.1) is 0 Å². The maximum Gasteiger partial charge on any atom is 0.261 e. The third-order valence-corrected chi connectivity index (χ3v) is 4.51. The van der Waals surface area contributed by atoms with Crippen molar-refractivity contribution in [2.45, 2.75) is 13.8 Å². The number of hydrogen-bond donors (Lipinski definition) is 2. The van der Waals surface area contributed by atoms with E-state index in [-0.39, 0.29) is 11.0 Å². The Kier molecular flexibility index (Phi) is 6.37. The molecule has 126 valence electrons. The Labute approximate surface area is 163 Å². The summed E-state index contributed by atoms with van der Waals surface area (Å²) in [5.74, 6) is 0.196. The van der Waals surface area contributed by atoms with E-state index in [0.717, 1.165) is 25.8 Å². The second-order valence-corrected chi connectivity index (χ2v) is 7.41. The molecule has 0 bridgehead atoms. The molecular weight excluding hydrogens is 456 g/mol. The lowest BCUT2D eigenvalue weighted by atomic mass is 10.1. The topological polar surface area (TPSA) is 50.4 Å². The van der Waals surface area contributed by atoms with Crippen molar-refractivity contribution in [3.8, 4) is 5.75 Å². The first-order valence-corrected chi connectivity index (χ1v) is 9.04. The fourth-order valence-corrected chi connectivity index (χ4v) is 3.51. The third kappa shape index (κ3) is 4.55. The number of carbonyl (C=O) groups excluding carboxylic acids is 1. The van der Waals surface area contributed by atoms with E-state index < -0.39 is 0 Å². The average Bonchev–Trinajstić information content (AvgIpc) is 2.49. The fourth-order valence-electron chi connectivity index (χ4n) is 2.26. The largest absolute Gasteiger partial charge is 0.496 e. The normalized spacial score (nSPS) is 10.2. The highest BCUT2D eigenvalue weighted by Crippen LogP contribution is 2.27. The van der Waals surface area contributed by atoms with Gasteiger partial charge in [-0.05, 0) is 67.5 Å².